The highest BCUT2D eigenvalue weighted by Crippen LogP contribution is 2.27. The van der Waals surface area contributed by atoms with Crippen LogP contribution in [0.15, 0.2) is 24.3 Å². The molecule has 0 spiro atoms. The van der Waals surface area contributed by atoms with E-state index in [0.717, 1.165) is 5.56 Å². The quantitative estimate of drug-likeness (QED) is 0.860. The third kappa shape index (κ3) is 2.15. The number of nitrogens with zero attached hydrogens (tertiary/aromatic N) is 3. The molecule has 1 aromatic carbocycles. The zero-order valence-corrected chi connectivity index (χ0v) is 11.3. The van der Waals surface area contributed by atoms with Crippen LogP contribution in [0.4, 0.5) is 5.95 Å². The van der Waals surface area contributed by atoms with Gasteiger partial charge in [-0.25, -0.2) is 0 Å². The molecule has 1 saturated heterocycles. The topological polar surface area (TPSA) is 61.9 Å². The second-order valence-corrected chi connectivity index (χ2v) is 4.94. The Morgan fingerprint density at radius 2 is 2.25 bits per heavy atom. The number of amides is 1. The van der Waals surface area contributed by atoms with Gasteiger partial charge in [-0.15, -0.1) is 17.4 Å². The fourth-order valence-corrected chi connectivity index (χ4v) is 2.39. The Balaban J connectivity index is 1.90. The molecule has 2 aromatic rings. The minimum Gasteiger partial charge on any atom is -0.278 e. The van der Waals surface area contributed by atoms with Crippen LogP contribution in [0.3, 0.4) is 0 Å². The van der Waals surface area contributed by atoms with Crippen molar-refractivity contribution >= 4 is 23.5 Å². The zero-order valence-electron chi connectivity index (χ0n) is 10.5. The molecule has 0 saturated carbocycles. The molecular weight excluding hydrogens is 276 g/mol. The number of anilines is 1. The number of rotatable bonds is 2. The van der Waals surface area contributed by atoms with Crippen molar-refractivity contribution in [3.8, 4) is 23.7 Å². The van der Waals surface area contributed by atoms with E-state index in [-0.39, 0.29) is 11.8 Å². The first-order valence-electron chi connectivity index (χ1n) is 6.13. The lowest BCUT2D eigenvalue weighted by Gasteiger charge is -2.09. The molecule has 1 amide bonds. The normalized spacial score (nSPS) is 18.3. The summed E-state index contributed by atoms with van der Waals surface area (Å²) in [7, 11) is 0. The van der Waals surface area contributed by atoms with Crippen LogP contribution in [-0.4, -0.2) is 27.6 Å². The van der Waals surface area contributed by atoms with Gasteiger partial charge in [0.2, 0.25) is 5.91 Å². The molecule has 1 atom stereocenters. The number of halogens is 1. The Labute approximate surface area is 121 Å². The molecule has 1 N–H and O–H groups in total. The molecule has 2 heterocycles. The van der Waals surface area contributed by atoms with Gasteiger partial charge < -0.3 is 0 Å². The Kier molecular flexibility index (Phi) is 3.17. The molecular formula is C14H11ClN4O. The Morgan fingerprint density at radius 3 is 2.95 bits per heavy atom. The molecule has 0 bridgehead atoms. The van der Waals surface area contributed by atoms with E-state index in [1.165, 1.54) is 4.90 Å². The summed E-state index contributed by atoms with van der Waals surface area (Å²) in [5, 5.41) is 7.45. The zero-order chi connectivity index (χ0) is 14.1. The van der Waals surface area contributed by atoms with Gasteiger partial charge in [0, 0.05) is 24.4 Å². The van der Waals surface area contributed by atoms with Gasteiger partial charge in [0.25, 0.3) is 5.95 Å². The molecule has 0 radical (unpaired) electrons. The lowest BCUT2D eigenvalue weighted by molar-refractivity contribution is -0.117. The van der Waals surface area contributed by atoms with Crippen molar-refractivity contribution in [3.05, 3.63) is 29.3 Å². The first-order chi connectivity index (χ1) is 9.69. The van der Waals surface area contributed by atoms with Gasteiger partial charge in [0.15, 0.2) is 5.82 Å². The number of carbonyl (C=O) groups is 1. The molecule has 6 heteroatoms. The summed E-state index contributed by atoms with van der Waals surface area (Å²) < 4.78 is 0. The van der Waals surface area contributed by atoms with Crippen molar-refractivity contribution in [1.29, 1.82) is 0 Å². The highest BCUT2D eigenvalue weighted by atomic mass is 35.5. The number of hydrogen-bond acceptors (Lipinski definition) is 3. The first kappa shape index (κ1) is 12.7. The van der Waals surface area contributed by atoms with E-state index in [2.05, 4.69) is 21.1 Å². The van der Waals surface area contributed by atoms with E-state index < -0.39 is 0 Å². The minimum absolute atomic E-state index is 0.0577. The van der Waals surface area contributed by atoms with Crippen LogP contribution in [0.1, 0.15) is 6.42 Å². The number of carbonyl (C=O) groups excluding carboxylic acids is 1. The van der Waals surface area contributed by atoms with Crippen LogP contribution in [0.25, 0.3) is 11.4 Å². The van der Waals surface area contributed by atoms with Crippen molar-refractivity contribution < 1.29 is 4.79 Å². The fraction of sp³-hybridized carbons (Fsp3) is 0.214. The molecule has 100 valence electrons. The molecule has 3 rings (SSSR count). The van der Waals surface area contributed by atoms with E-state index in [0.29, 0.717) is 29.8 Å². The van der Waals surface area contributed by atoms with Crippen LogP contribution < -0.4 is 4.90 Å². The van der Waals surface area contributed by atoms with E-state index in [1.54, 1.807) is 6.07 Å². The summed E-state index contributed by atoms with van der Waals surface area (Å²) in [6, 6.07) is 7.31. The second kappa shape index (κ2) is 4.99. The molecule has 1 fully saturated rings. The summed E-state index contributed by atoms with van der Waals surface area (Å²) >= 11 is 6.11. The van der Waals surface area contributed by atoms with E-state index >= 15 is 0 Å². The molecule has 5 nitrogen and oxygen atoms in total. The number of H-pyrrole nitrogens is 1. The van der Waals surface area contributed by atoms with E-state index in [9.17, 15) is 4.79 Å². The third-order valence-corrected chi connectivity index (χ3v) is 3.53. The van der Waals surface area contributed by atoms with Crippen molar-refractivity contribution in [3.63, 3.8) is 0 Å². The lowest BCUT2D eigenvalue weighted by atomic mass is 10.1. The highest BCUT2D eigenvalue weighted by molar-refractivity contribution is 6.33. The van der Waals surface area contributed by atoms with Gasteiger partial charge in [-0.05, 0) is 12.1 Å². The molecule has 0 aliphatic carbocycles. The molecule has 1 unspecified atom stereocenters. The molecule has 1 aliphatic heterocycles. The maximum absolute atomic E-state index is 11.9. The third-order valence-electron chi connectivity index (χ3n) is 3.20. The summed E-state index contributed by atoms with van der Waals surface area (Å²) in [5.74, 6) is 3.32. The summed E-state index contributed by atoms with van der Waals surface area (Å²) in [6.45, 7) is 0.454. The Morgan fingerprint density at radius 1 is 1.45 bits per heavy atom. The van der Waals surface area contributed by atoms with Crippen LogP contribution in [0.5, 0.6) is 0 Å². The van der Waals surface area contributed by atoms with Crippen LogP contribution in [0.2, 0.25) is 5.02 Å². The largest absolute Gasteiger partial charge is 0.278 e. The first-order valence-corrected chi connectivity index (χ1v) is 6.50. The van der Waals surface area contributed by atoms with Crippen molar-refractivity contribution in [2.24, 2.45) is 5.92 Å². The molecule has 20 heavy (non-hydrogen) atoms. The molecule has 1 aliphatic rings. The van der Waals surface area contributed by atoms with Crippen molar-refractivity contribution in [1.82, 2.24) is 15.2 Å². The average molecular weight is 287 g/mol. The van der Waals surface area contributed by atoms with Gasteiger partial charge in [0.1, 0.15) is 0 Å². The van der Waals surface area contributed by atoms with Gasteiger partial charge >= 0.3 is 0 Å². The maximum atomic E-state index is 11.9. The monoisotopic (exact) mass is 286 g/mol. The summed E-state index contributed by atoms with van der Waals surface area (Å²) in [5.41, 5.74) is 0.744. The summed E-state index contributed by atoms with van der Waals surface area (Å²) in [6.07, 6.45) is 5.70. The lowest BCUT2D eigenvalue weighted by Crippen LogP contribution is -2.25. The molecule has 1 aromatic heterocycles. The number of nitrogens with one attached hydrogen (secondary N) is 1. The van der Waals surface area contributed by atoms with Gasteiger partial charge in [-0.3, -0.25) is 14.8 Å². The number of terminal acetylenes is 1. The van der Waals surface area contributed by atoms with Gasteiger partial charge in [-0.1, -0.05) is 23.7 Å². The number of hydrogen-bond donors (Lipinski definition) is 1. The van der Waals surface area contributed by atoms with Crippen molar-refractivity contribution in [2.75, 3.05) is 11.4 Å². The maximum Gasteiger partial charge on any atom is 0.251 e. The number of benzene rings is 1. The smallest absolute Gasteiger partial charge is 0.251 e. The van der Waals surface area contributed by atoms with Crippen LogP contribution in [-0.2, 0) is 4.79 Å². The van der Waals surface area contributed by atoms with E-state index in [1.807, 2.05) is 18.2 Å². The Bertz CT molecular complexity index is 703. The highest BCUT2D eigenvalue weighted by Gasteiger charge is 2.31. The van der Waals surface area contributed by atoms with Crippen LogP contribution in [0, 0.1) is 18.3 Å². The Hall–Kier alpha value is -2.32. The summed E-state index contributed by atoms with van der Waals surface area (Å²) in [4.78, 5) is 17.7. The fourth-order valence-electron chi connectivity index (χ4n) is 2.16. The van der Waals surface area contributed by atoms with Gasteiger partial charge in [0.05, 0.1) is 5.02 Å². The predicted octanol–water partition coefficient (Wildman–Crippen LogP) is 2.11. The number of aromatic amines is 1. The van der Waals surface area contributed by atoms with E-state index in [4.69, 9.17) is 18.0 Å². The van der Waals surface area contributed by atoms with Gasteiger partial charge in [-0.2, -0.15) is 4.98 Å². The number of aromatic nitrogens is 3. The predicted molar refractivity (Wildman–Crippen MR) is 76.1 cm³/mol. The van der Waals surface area contributed by atoms with Crippen LogP contribution >= 0.6 is 11.6 Å². The minimum atomic E-state index is -0.0789. The average Bonchev–Trinajstić information content (AvgIpc) is 3.05. The standard InChI is InChI=1S/C14H11ClN4O/c1-2-9-7-12(20)19(8-9)14-16-13(17-18-14)10-5-3-4-6-11(10)15/h1,3-6,9H,7-8H2,(H,16,17,18). The SMILES string of the molecule is C#CC1CC(=O)N(c2n[nH]c(-c3ccccc3Cl)n2)C1. The van der Waals surface area contributed by atoms with Crippen molar-refractivity contribution in [2.45, 2.75) is 6.42 Å². The second-order valence-electron chi connectivity index (χ2n) is 4.54.